The molecule has 2 heterocycles. The van der Waals surface area contributed by atoms with E-state index < -0.39 is 0 Å². The maximum atomic E-state index is 4.39. The minimum Gasteiger partial charge on any atom is -0.326 e. The highest BCUT2D eigenvalue weighted by Gasteiger charge is 2.19. The standard InChI is InChI=1S/C13H12N2/c1-2-6-12-11(5-1)8-10-15(12)13-7-3-4-9-14-13/h1-7,9H,8,10H2. The second kappa shape index (κ2) is 3.39. The highest BCUT2D eigenvalue weighted by atomic mass is 15.2. The Morgan fingerprint density at radius 2 is 1.87 bits per heavy atom. The molecule has 2 heteroatoms. The Bertz CT molecular complexity index is 465. The van der Waals surface area contributed by atoms with E-state index in [1.165, 1.54) is 11.3 Å². The van der Waals surface area contributed by atoms with Crippen molar-refractivity contribution in [1.29, 1.82) is 0 Å². The molecule has 0 atom stereocenters. The molecule has 2 aromatic rings. The van der Waals surface area contributed by atoms with Crippen LogP contribution in [-0.2, 0) is 6.42 Å². The van der Waals surface area contributed by atoms with Crippen molar-refractivity contribution < 1.29 is 0 Å². The SMILES string of the molecule is c1ccc(N2CCc3ccccc32)nc1. The summed E-state index contributed by atoms with van der Waals surface area (Å²) in [6.07, 6.45) is 2.96. The average Bonchev–Trinajstić information content (AvgIpc) is 2.74. The van der Waals surface area contributed by atoms with Crippen molar-refractivity contribution in [2.24, 2.45) is 0 Å². The lowest BCUT2D eigenvalue weighted by Crippen LogP contribution is -2.14. The summed E-state index contributed by atoms with van der Waals surface area (Å²) in [7, 11) is 0. The summed E-state index contributed by atoms with van der Waals surface area (Å²) in [5.41, 5.74) is 2.72. The summed E-state index contributed by atoms with van der Waals surface area (Å²) in [6, 6.07) is 14.6. The molecule has 15 heavy (non-hydrogen) atoms. The van der Waals surface area contributed by atoms with Gasteiger partial charge in [-0.25, -0.2) is 4.98 Å². The van der Waals surface area contributed by atoms with Crippen molar-refractivity contribution in [3.05, 3.63) is 54.2 Å². The number of benzene rings is 1. The van der Waals surface area contributed by atoms with Crippen LogP contribution in [0.15, 0.2) is 48.7 Å². The van der Waals surface area contributed by atoms with Crippen LogP contribution in [-0.4, -0.2) is 11.5 Å². The molecule has 0 amide bonds. The average molecular weight is 196 g/mol. The van der Waals surface area contributed by atoms with Crippen LogP contribution in [0.25, 0.3) is 0 Å². The molecule has 0 fully saturated rings. The van der Waals surface area contributed by atoms with Crippen molar-refractivity contribution in [3.8, 4) is 0 Å². The summed E-state index contributed by atoms with van der Waals surface area (Å²) < 4.78 is 0. The van der Waals surface area contributed by atoms with E-state index in [1.54, 1.807) is 0 Å². The first-order valence-corrected chi connectivity index (χ1v) is 5.21. The topological polar surface area (TPSA) is 16.1 Å². The molecule has 1 aliphatic rings. The Kier molecular flexibility index (Phi) is 1.91. The van der Waals surface area contributed by atoms with E-state index in [0.29, 0.717) is 0 Å². The minimum atomic E-state index is 1.04. The maximum absolute atomic E-state index is 4.39. The first kappa shape index (κ1) is 8.48. The molecule has 3 rings (SSSR count). The van der Waals surface area contributed by atoms with Crippen LogP contribution in [0.1, 0.15) is 5.56 Å². The van der Waals surface area contributed by atoms with Gasteiger partial charge in [0, 0.05) is 18.4 Å². The molecule has 0 aliphatic carbocycles. The van der Waals surface area contributed by atoms with Gasteiger partial charge in [0.05, 0.1) is 0 Å². The van der Waals surface area contributed by atoms with Gasteiger partial charge in [0.1, 0.15) is 5.82 Å². The normalized spacial score (nSPS) is 14.0. The number of anilines is 2. The number of nitrogens with zero attached hydrogens (tertiary/aromatic N) is 2. The Morgan fingerprint density at radius 1 is 1.00 bits per heavy atom. The van der Waals surface area contributed by atoms with Gasteiger partial charge in [-0.2, -0.15) is 0 Å². The largest absolute Gasteiger partial charge is 0.326 e. The van der Waals surface area contributed by atoms with E-state index in [-0.39, 0.29) is 0 Å². The van der Waals surface area contributed by atoms with Crippen LogP contribution in [0.5, 0.6) is 0 Å². The van der Waals surface area contributed by atoms with E-state index in [4.69, 9.17) is 0 Å². The number of para-hydroxylation sites is 1. The molecule has 0 spiro atoms. The predicted molar refractivity (Wildman–Crippen MR) is 61.4 cm³/mol. The third-order valence-corrected chi connectivity index (χ3v) is 2.81. The van der Waals surface area contributed by atoms with E-state index in [2.05, 4.69) is 40.2 Å². The van der Waals surface area contributed by atoms with E-state index in [9.17, 15) is 0 Å². The van der Waals surface area contributed by atoms with E-state index >= 15 is 0 Å². The Hall–Kier alpha value is -1.83. The first-order valence-electron chi connectivity index (χ1n) is 5.21. The van der Waals surface area contributed by atoms with Gasteiger partial charge in [0.25, 0.3) is 0 Å². The van der Waals surface area contributed by atoms with Gasteiger partial charge in [0.15, 0.2) is 0 Å². The zero-order valence-corrected chi connectivity index (χ0v) is 8.43. The highest BCUT2D eigenvalue weighted by Crippen LogP contribution is 2.32. The molecule has 2 nitrogen and oxygen atoms in total. The lowest BCUT2D eigenvalue weighted by molar-refractivity contribution is 0.974. The van der Waals surface area contributed by atoms with Crippen molar-refractivity contribution in [2.45, 2.75) is 6.42 Å². The van der Waals surface area contributed by atoms with Crippen molar-refractivity contribution >= 4 is 11.5 Å². The quantitative estimate of drug-likeness (QED) is 0.697. The molecule has 0 bridgehead atoms. The summed E-state index contributed by atoms with van der Waals surface area (Å²) in [5.74, 6) is 1.04. The fourth-order valence-electron chi connectivity index (χ4n) is 2.09. The lowest BCUT2D eigenvalue weighted by atomic mass is 10.2. The minimum absolute atomic E-state index is 1.04. The van der Waals surface area contributed by atoms with Gasteiger partial charge < -0.3 is 4.90 Å². The van der Waals surface area contributed by atoms with Gasteiger partial charge in [-0.15, -0.1) is 0 Å². The fraction of sp³-hybridized carbons (Fsp3) is 0.154. The van der Waals surface area contributed by atoms with Crippen molar-refractivity contribution in [2.75, 3.05) is 11.4 Å². The second-order valence-electron chi connectivity index (χ2n) is 3.72. The Labute approximate surface area is 89.2 Å². The highest BCUT2D eigenvalue weighted by molar-refractivity contribution is 5.67. The molecule has 0 N–H and O–H groups in total. The number of hydrogen-bond donors (Lipinski definition) is 0. The Balaban J connectivity index is 2.05. The van der Waals surface area contributed by atoms with Gasteiger partial charge >= 0.3 is 0 Å². The molecular weight excluding hydrogens is 184 g/mol. The molecule has 0 saturated carbocycles. The first-order chi connectivity index (χ1) is 7.45. The van der Waals surface area contributed by atoms with Crippen molar-refractivity contribution in [1.82, 2.24) is 4.98 Å². The van der Waals surface area contributed by atoms with E-state index in [1.807, 2.05) is 18.3 Å². The number of pyridine rings is 1. The lowest BCUT2D eigenvalue weighted by Gasteiger charge is -2.17. The van der Waals surface area contributed by atoms with Gasteiger partial charge in [0.2, 0.25) is 0 Å². The van der Waals surface area contributed by atoms with Crippen LogP contribution in [0.4, 0.5) is 11.5 Å². The van der Waals surface area contributed by atoms with Crippen LogP contribution in [0.3, 0.4) is 0 Å². The smallest absolute Gasteiger partial charge is 0.132 e. The summed E-state index contributed by atoms with van der Waals surface area (Å²) in [6.45, 7) is 1.04. The predicted octanol–water partition coefficient (Wildman–Crippen LogP) is 2.78. The van der Waals surface area contributed by atoms with Crippen LogP contribution in [0.2, 0.25) is 0 Å². The molecule has 0 saturated heterocycles. The van der Waals surface area contributed by atoms with Crippen molar-refractivity contribution in [3.63, 3.8) is 0 Å². The molecular formula is C13H12N2. The molecule has 0 radical (unpaired) electrons. The van der Waals surface area contributed by atoms with Gasteiger partial charge in [-0.05, 0) is 30.2 Å². The van der Waals surface area contributed by atoms with Crippen LogP contribution >= 0.6 is 0 Å². The number of hydrogen-bond acceptors (Lipinski definition) is 2. The number of rotatable bonds is 1. The van der Waals surface area contributed by atoms with Gasteiger partial charge in [-0.1, -0.05) is 24.3 Å². The number of aromatic nitrogens is 1. The fourth-order valence-corrected chi connectivity index (χ4v) is 2.09. The second-order valence-corrected chi connectivity index (χ2v) is 3.72. The summed E-state index contributed by atoms with van der Waals surface area (Å²) in [4.78, 5) is 6.66. The van der Waals surface area contributed by atoms with Crippen LogP contribution < -0.4 is 4.90 Å². The molecule has 1 aromatic carbocycles. The van der Waals surface area contributed by atoms with Crippen LogP contribution in [0, 0.1) is 0 Å². The summed E-state index contributed by atoms with van der Waals surface area (Å²) >= 11 is 0. The molecule has 1 aliphatic heterocycles. The maximum Gasteiger partial charge on any atom is 0.132 e. The van der Waals surface area contributed by atoms with Gasteiger partial charge in [-0.3, -0.25) is 0 Å². The molecule has 1 aromatic heterocycles. The summed E-state index contributed by atoms with van der Waals surface area (Å²) in [5, 5.41) is 0. The monoisotopic (exact) mass is 196 g/mol. The third kappa shape index (κ3) is 1.38. The zero-order chi connectivity index (χ0) is 10.1. The molecule has 0 unspecified atom stereocenters. The zero-order valence-electron chi connectivity index (χ0n) is 8.43. The third-order valence-electron chi connectivity index (χ3n) is 2.81. The van der Waals surface area contributed by atoms with E-state index in [0.717, 1.165) is 18.8 Å². The molecule has 74 valence electrons. The Morgan fingerprint density at radius 3 is 2.73 bits per heavy atom. The number of fused-ring (bicyclic) bond motifs is 1.